The first kappa shape index (κ1) is 12.8. The van der Waals surface area contributed by atoms with Crippen LogP contribution in [0.2, 0.25) is 0 Å². The predicted octanol–water partition coefficient (Wildman–Crippen LogP) is 1.01. The van der Waals surface area contributed by atoms with Crippen LogP contribution in [0.3, 0.4) is 0 Å². The molecule has 0 spiro atoms. The lowest BCUT2D eigenvalue weighted by Gasteiger charge is -2.36. The Morgan fingerprint density at radius 3 is 2.76 bits per heavy atom. The highest BCUT2D eigenvalue weighted by Gasteiger charge is 2.30. The molecular formula is C13H24N2O2. The number of rotatable bonds is 5. The van der Waals surface area contributed by atoms with Gasteiger partial charge in [-0.05, 0) is 38.6 Å². The maximum atomic E-state index is 11.2. The maximum absolute atomic E-state index is 11.2. The molecule has 1 saturated carbocycles. The van der Waals surface area contributed by atoms with Crippen LogP contribution in [-0.2, 0) is 9.53 Å². The number of nitrogens with one attached hydrogen (secondary N) is 1. The van der Waals surface area contributed by atoms with Crippen LogP contribution in [0.15, 0.2) is 0 Å². The van der Waals surface area contributed by atoms with Gasteiger partial charge in [0.2, 0.25) is 0 Å². The number of piperidine rings is 1. The first-order valence-corrected chi connectivity index (χ1v) is 6.68. The lowest BCUT2D eigenvalue weighted by atomic mass is 9.90. The van der Waals surface area contributed by atoms with Gasteiger partial charge in [0.25, 0.3) is 0 Å². The van der Waals surface area contributed by atoms with Crippen molar-refractivity contribution in [2.75, 3.05) is 27.2 Å². The zero-order chi connectivity index (χ0) is 12.3. The minimum atomic E-state index is -0.0788. The summed E-state index contributed by atoms with van der Waals surface area (Å²) in [5, 5.41) is 3.70. The summed E-state index contributed by atoms with van der Waals surface area (Å²) in [6, 6.07) is 1.39. The van der Waals surface area contributed by atoms with E-state index < -0.39 is 0 Å². The highest BCUT2D eigenvalue weighted by Crippen LogP contribution is 2.25. The fourth-order valence-electron chi connectivity index (χ4n) is 2.78. The Balaban J connectivity index is 1.74. The van der Waals surface area contributed by atoms with Crippen molar-refractivity contribution in [1.82, 2.24) is 10.2 Å². The molecule has 0 aromatic heterocycles. The average molecular weight is 240 g/mol. The molecule has 0 bridgehead atoms. The van der Waals surface area contributed by atoms with Crippen LogP contribution >= 0.6 is 0 Å². The number of carbonyl (C=O) groups excluding carboxylic acids is 1. The van der Waals surface area contributed by atoms with Crippen LogP contribution in [0.4, 0.5) is 0 Å². The lowest BCUT2D eigenvalue weighted by Crippen LogP contribution is -2.48. The molecule has 2 rings (SSSR count). The van der Waals surface area contributed by atoms with Crippen LogP contribution in [0, 0.1) is 5.92 Å². The van der Waals surface area contributed by atoms with Crippen LogP contribution in [0.1, 0.15) is 32.1 Å². The third-order valence-corrected chi connectivity index (χ3v) is 3.75. The number of likely N-dealkylation sites (N-methyl/N-ethyl adjacent to an activating group) is 1. The Bertz CT molecular complexity index is 264. The zero-order valence-electron chi connectivity index (χ0n) is 10.9. The molecule has 0 radical (unpaired) electrons. The van der Waals surface area contributed by atoms with E-state index in [2.05, 4.69) is 17.3 Å². The number of carbonyl (C=O) groups is 1. The molecule has 98 valence electrons. The first-order chi connectivity index (χ1) is 8.17. The molecule has 2 unspecified atom stereocenters. The smallest absolute Gasteiger partial charge is 0.305 e. The number of hydrogen-bond donors (Lipinski definition) is 1. The Hall–Kier alpha value is -0.610. The van der Waals surface area contributed by atoms with E-state index in [9.17, 15) is 4.79 Å². The van der Waals surface area contributed by atoms with Crippen LogP contribution < -0.4 is 5.32 Å². The van der Waals surface area contributed by atoms with Crippen molar-refractivity contribution in [2.45, 2.75) is 44.2 Å². The molecule has 0 aromatic carbocycles. The summed E-state index contributed by atoms with van der Waals surface area (Å²) in [6.07, 6.45) is 5.41. The highest BCUT2D eigenvalue weighted by molar-refractivity contribution is 5.69. The van der Waals surface area contributed by atoms with E-state index in [0.717, 1.165) is 25.6 Å². The summed E-state index contributed by atoms with van der Waals surface area (Å²) in [7, 11) is 3.64. The fourth-order valence-corrected chi connectivity index (χ4v) is 2.78. The van der Waals surface area contributed by atoms with Crippen molar-refractivity contribution in [3.05, 3.63) is 0 Å². The van der Waals surface area contributed by atoms with Gasteiger partial charge in [-0.15, -0.1) is 0 Å². The number of methoxy groups -OCH3 is 1. The molecule has 4 nitrogen and oxygen atoms in total. The van der Waals surface area contributed by atoms with Gasteiger partial charge >= 0.3 is 5.97 Å². The SMILES string of the molecule is COC(=O)CCC1CC(NC2CC2)CN(C)C1. The van der Waals surface area contributed by atoms with Gasteiger partial charge in [0.15, 0.2) is 0 Å². The van der Waals surface area contributed by atoms with Crippen LogP contribution in [0.5, 0.6) is 0 Å². The first-order valence-electron chi connectivity index (χ1n) is 6.68. The van der Waals surface area contributed by atoms with Crippen LogP contribution in [-0.4, -0.2) is 50.2 Å². The van der Waals surface area contributed by atoms with Crippen molar-refractivity contribution >= 4 is 5.97 Å². The van der Waals surface area contributed by atoms with Gasteiger partial charge in [0, 0.05) is 31.6 Å². The second kappa shape index (κ2) is 5.83. The largest absolute Gasteiger partial charge is 0.469 e. The minimum Gasteiger partial charge on any atom is -0.469 e. The molecule has 4 heteroatoms. The van der Waals surface area contributed by atoms with Gasteiger partial charge in [-0.25, -0.2) is 0 Å². The van der Waals surface area contributed by atoms with E-state index in [1.807, 2.05) is 0 Å². The van der Waals surface area contributed by atoms with Crippen molar-refractivity contribution in [1.29, 1.82) is 0 Å². The number of nitrogens with zero attached hydrogens (tertiary/aromatic N) is 1. The van der Waals surface area contributed by atoms with Gasteiger partial charge in [-0.2, -0.15) is 0 Å². The summed E-state index contributed by atoms with van der Waals surface area (Å²) in [5.41, 5.74) is 0. The summed E-state index contributed by atoms with van der Waals surface area (Å²) in [5.74, 6) is 0.550. The van der Waals surface area contributed by atoms with Gasteiger partial charge in [-0.3, -0.25) is 4.79 Å². The van der Waals surface area contributed by atoms with Gasteiger partial charge in [0.05, 0.1) is 7.11 Å². The molecule has 2 fully saturated rings. The van der Waals surface area contributed by atoms with Crippen molar-refractivity contribution < 1.29 is 9.53 Å². The molecule has 1 aliphatic heterocycles. The Kier molecular flexibility index (Phi) is 4.40. The zero-order valence-corrected chi connectivity index (χ0v) is 10.9. The molecular weight excluding hydrogens is 216 g/mol. The Morgan fingerprint density at radius 1 is 1.35 bits per heavy atom. The fraction of sp³-hybridized carbons (Fsp3) is 0.923. The predicted molar refractivity (Wildman–Crippen MR) is 66.8 cm³/mol. The Morgan fingerprint density at radius 2 is 2.12 bits per heavy atom. The molecule has 2 atom stereocenters. The highest BCUT2D eigenvalue weighted by atomic mass is 16.5. The number of ether oxygens (including phenoxy) is 1. The number of likely N-dealkylation sites (tertiary alicyclic amines) is 1. The summed E-state index contributed by atoms with van der Waals surface area (Å²) >= 11 is 0. The van der Waals surface area contributed by atoms with Gasteiger partial charge in [0.1, 0.15) is 0 Å². The topological polar surface area (TPSA) is 41.6 Å². The second-order valence-corrected chi connectivity index (χ2v) is 5.58. The normalized spacial score (nSPS) is 30.2. The summed E-state index contributed by atoms with van der Waals surface area (Å²) in [6.45, 7) is 2.26. The van der Waals surface area contributed by atoms with Crippen molar-refractivity contribution in [3.8, 4) is 0 Å². The molecule has 17 heavy (non-hydrogen) atoms. The third kappa shape index (κ3) is 4.28. The standard InChI is InChI=1S/C13H24N2O2/c1-15-8-10(3-6-13(16)17-2)7-12(9-15)14-11-4-5-11/h10-12,14H,3-9H2,1-2H3. The maximum Gasteiger partial charge on any atom is 0.305 e. The van der Waals surface area contributed by atoms with Crippen molar-refractivity contribution in [2.24, 2.45) is 5.92 Å². The summed E-state index contributed by atoms with van der Waals surface area (Å²) < 4.78 is 4.70. The van der Waals surface area contributed by atoms with E-state index in [-0.39, 0.29) is 5.97 Å². The van der Waals surface area contributed by atoms with E-state index >= 15 is 0 Å². The minimum absolute atomic E-state index is 0.0788. The monoisotopic (exact) mass is 240 g/mol. The third-order valence-electron chi connectivity index (χ3n) is 3.75. The Labute approximate surface area is 104 Å². The quantitative estimate of drug-likeness (QED) is 0.728. The number of esters is 1. The molecule has 0 amide bonds. The molecule has 1 aliphatic carbocycles. The van der Waals surface area contributed by atoms with E-state index in [1.165, 1.54) is 26.4 Å². The van der Waals surface area contributed by atoms with E-state index in [1.54, 1.807) is 0 Å². The molecule has 2 aliphatic rings. The molecule has 1 saturated heterocycles. The average Bonchev–Trinajstić information content (AvgIpc) is 3.09. The number of hydrogen-bond acceptors (Lipinski definition) is 4. The molecule has 1 heterocycles. The van der Waals surface area contributed by atoms with E-state index in [4.69, 9.17) is 4.74 Å². The van der Waals surface area contributed by atoms with Crippen LogP contribution in [0.25, 0.3) is 0 Å². The van der Waals surface area contributed by atoms with Gasteiger partial charge < -0.3 is 15.0 Å². The summed E-state index contributed by atoms with van der Waals surface area (Å²) in [4.78, 5) is 13.5. The molecule has 1 N–H and O–H groups in total. The van der Waals surface area contributed by atoms with Gasteiger partial charge in [-0.1, -0.05) is 0 Å². The van der Waals surface area contributed by atoms with Crippen molar-refractivity contribution in [3.63, 3.8) is 0 Å². The lowest BCUT2D eigenvalue weighted by molar-refractivity contribution is -0.141. The molecule has 0 aromatic rings. The van der Waals surface area contributed by atoms with E-state index in [0.29, 0.717) is 18.4 Å². The second-order valence-electron chi connectivity index (χ2n) is 5.58.